The highest BCUT2D eigenvalue weighted by Crippen LogP contribution is 2.24. The van der Waals surface area contributed by atoms with E-state index < -0.39 is 6.36 Å². The van der Waals surface area contributed by atoms with E-state index in [4.69, 9.17) is 0 Å². The number of ether oxygens (including phenoxy) is 1. The van der Waals surface area contributed by atoms with Crippen LogP contribution in [-0.4, -0.2) is 50.2 Å². The van der Waals surface area contributed by atoms with Crippen molar-refractivity contribution in [3.05, 3.63) is 76.0 Å². The van der Waals surface area contributed by atoms with Crippen LogP contribution in [0.4, 0.5) is 18.3 Å². The van der Waals surface area contributed by atoms with E-state index in [1.807, 2.05) is 27.1 Å². The molecule has 224 valence electrons. The zero-order chi connectivity index (χ0) is 30.3. The lowest BCUT2D eigenvalue weighted by Gasteiger charge is -2.29. The Morgan fingerprint density at radius 3 is 2.52 bits per heavy atom. The second-order valence-corrected chi connectivity index (χ2v) is 10.7. The molecule has 0 spiro atoms. The van der Waals surface area contributed by atoms with E-state index in [1.54, 1.807) is 28.0 Å². The molecule has 2 amide bonds. The van der Waals surface area contributed by atoms with Crippen molar-refractivity contribution < 1.29 is 27.5 Å². The molecule has 0 saturated heterocycles. The Hall–Kier alpha value is -4.40. The Labute approximate surface area is 244 Å². The van der Waals surface area contributed by atoms with Gasteiger partial charge in [0.2, 0.25) is 16.9 Å². The zero-order valence-corrected chi connectivity index (χ0v) is 24.1. The summed E-state index contributed by atoms with van der Waals surface area (Å²) < 4.78 is 43.0. The number of alkyl halides is 3. The number of allylic oxidation sites excluding steroid dienone is 3. The van der Waals surface area contributed by atoms with E-state index in [-0.39, 0.29) is 30.4 Å². The number of hydrogen-bond donors (Lipinski definition) is 3. The fraction of sp³-hybridized carbons (Fsp3) is 0.370. The third kappa shape index (κ3) is 9.06. The lowest BCUT2D eigenvalue weighted by molar-refractivity contribution is -0.274. The smallest absolute Gasteiger partial charge is 0.406 e. The lowest BCUT2D eigenvalue weighted by Crippen LogP contribution is -2.42. The summed E-state index contributed by atoms with van der Waals surface area (Å²) in [6.07, 6.45) is 3.88. The number of benzene rings is 1. The summed E-state index contributed by atoms with van der Waals surface area (Å²) in [6.45, 7) is 1.91. The fourth-order valence-electron chi connectivity index (χ4n) is 4.18. The summed E-state index contributed by atoms with van der Waals surface area (Å²) in [4.78, 5) is 24.8. The molecule has 0 saturated carbocycles. The first-order valence-corrected chi connectivity index (χ1v) is 13.9. The normalized spacial score (nSPS) is 13.2. The average molecular weight is 605 g/mol. The van der Waals surface area contributed by atoms with E-state index in [9.17, 15) is 22.8 Å². The van der Waals surface area contributed by atoms with E-state index >= 15 is 0 Å². The first kappa shape index (κ1) is 30.6. The quantitative estimate of drug-likeness (QED) is 0.266. The van der Waals surface area contributed by atoms with Crippen LogP contribution in [0.2, 0.25) is 0 Å². The minimum absolute atomic E-state index is 0.116. The van der Waals surface area contributed by atoms with Crippen molar-refractivity contribution in [2.24, 2.45) is 7.05 Å². The van der Waals surface area contributed by atoms with Crippen molar-refractivity contribution in [3.63, 3.8) is 0 Å². The van der Waals surface area contributed by atoms with Gasteiger partial charge in [-0.2, -0.15) is 5.10 Å². The molecule has 1 aliphatic rings. The Balaban J connectivity index is 1.18. The number of nitrogens with zero attached hydrogens (tertiary/aromatic N) is 5. The standard InChI is InChI=1S/C27H31F3N8O3S/c1-17-19(16-31-37(17)2)15-24(40)33-26-35-34-25(42-26)10-5-4-8-20-11-12-22(36-38(20)3)32-23(39)14-18-7-6-9-21(13-18)41-27(28,29)30/h6-7,9,11-13,16,36H,4-5,8,10,14-15H2,1-3H3,(H,32,39)(H,33,35,40). The summed E-state index contributed by atoms with van der Waals surface area (Å²) in [7, 11) is 3.66. The highest BCUT2D eigenvalue weighted by atomic mass is 32.1. The number of anilines is 1. The van der Waals surface area contributed by atoms with Gasteiger partial charge in [0, 0.05) is 37.5 Å². The average Bonchev–Trinajstić information content (AvgIpc) is 3.48. The molecule has 3 heterocycles. The van der Waals surface area contributed by atoms with Crippen LogP contribution in [-0.2, 0) is 35.9 Å². The monoisotopic (exact) mass is 604 g/mol. The van der Waals surface area contributed by atoms with Gasteiger partial charge in [-0.25, -0.2) is 0 Å². The van der Waals surface area contributed by atoms with Gasteiger partial charge >= 0.3 is 6.36 Å². The van der Waals surface area contributed by atoms with Crippen molar-refractivity contribution in [2.75, 3.05) is 12.4 Å². The molecule has 11 nitrogen and oxygen atoms in total. The summed E-state index contributed by atoms with van der Waals surface area (Å²) >= 11 is 1.36. The Kier molecular flexibility index (Phi) is 9.83. The number of aryl methyl sites for hydroxylation is 2. The number of rotatable bonds is 12. The molecule has 0 aliphatic carbocycles. The molecule has 0 radical (unpaired) electrons. The van der Waals surface area contributed by atoms with E-state index in [2.05, 4.69) is 36.1 Å². The Morgan fingerprint density at radius 2 is 1.81 bits per heavy atom. The van der Waals surface area contributed by atoms with Crippen molar-refractivity contribution in [1.82, 2.24) is 35.7 Å². The van der Waals surface area contributed by atoms with Crippen molar-refractivity contribution in [2.45, 2.75) is 51.8 Å². The largest absolute Gasteiger partial charge is 0.573 e. The molecule has 15 heteroatoms. The number of unbranched alkanes of at least 4 members (excludes halogenated alkanes) is 1. The molecule has 3 aromatic rings. The number of aromatic nitrogens is 4. The lowest BCUT2D eigenvalue weighted by atomic mass is 10.1. The van der Waals surface area contributed by atoms with E-state index in [0.29, 0.717) is 16.5 Å². The van der Waals surface area contributed by atoms with Crippen LogP contribution in [0.15, 0.2) is 54.1 Å². The van der Waals surface area contributed by atoms with Crippen molar-refractivity contribution in [1.29, 1.82) is 0 Å². The van der Waals surface area contributed by atoms with Gasteiger partial charge in [0.15, 0.2) is 0 Å². The second kappa shape index (κ2) is 13.5. The van der Waals surface area contributed by atoms with Crippen LogP contribution in [0.1, 0.15) is 41.1 Å². The van der Waals surface area contributed by atoms with Crippen LogP contribution < -0.4 is 20.8 Å². The molecule has 1 aromatic carbocycles. The predicted octanol–water partition coefficient (Wildman–Crippen LogP) is 3.91. The molecule has 42 heavy (non-hydrogen) atoms. The van der Waals surface area contributed by atoms with E-state index in [0.717, 1.165) is 47.6 Å². The van der Waals surface area contributed by atoms with Crippen molar-refractivity contribution in [3.8, 4) is 5.75 Å². The van der Waals surface area contributed by atoms with Gasteiger partial charge in [-0.3, -0.25) is 24.7 Å². The molecule has 0 bridgehead atoms. The van der Waals surface area contributed by atoms with Crippen LogP contribution in [0, 0.1) is 6.92 Å². The maximum atomic E-state index is 12.4. The maximum absolute atomic E-state index is 12.4. The predicted molar refractivity (Wildman–Crippen MR) is 150 cm³/mol. The van der Waals surface area contributed by atoms with E-state index in [1.165, 1.54) is 29.5 Å². The van der Waals surface area contributed by atoms with Gasteiger partial charge in [0.1, 0.15) is 16.6 Å². The molecule has 3 N–H and O–H groups in total. The fourth-order valence-corrected chi connectivity index (χ4v) is 4.97. The van der Waals surface area contributed by atoms with Gasteiger partial charge < -0.3 is 15.4 Å². The molecule has 0 atom stereocenters. The number of halogens is 3. The van der Waals surface area contributed by atoms with Crippen LogP contribution in [0.5, 0.6) is 5.75 Å². The number of hydrogen-bond acceptors (Lipinski definition) is 9. The van der Waals surface area contributed by atoms with Gasteiger partial charge in [-0.1, -0.05) is 23.5 Å². The zero-order valence-electron chi connectivity index (χ0n) is 23.3. The summed E-state index contributed by atoms with van der Waals surface area (Å²) in [5.74, 6) is -0.471. The molecular formula is C27H31F3N8O3S. The van der Waals surface area contributed by atoms with Crippen molar-refractivity contribution >= 4 is 28.3 Å². The Morgan fingerprint density at radius 1 is 1.05 bits per heavy atom. The first-order valence-electron chi connectivity index (χ1n) is 13.1. The highest BCUT2D eigenvalue weighted by molar-refractivity contribution is 7.15. The summed E-state index contributed by atoms with van der Waals surface area (Å²) in [6, 6.07) is 5.32. The topological polar surface area (TPSA) is 126 Å². The molecule has 4 rings (SSSR count). The number of nitrogens with one attached hydrogen (secondary N) is 3. The number of carbonyl (C=O) groups excluding carboxylic acids is 2. The molecule has 2 aromatic heterocycles. The SMILES string of the molecule is Cc1c(CC(=O)Nc2nnc(CCCCC3=CC=C(NC(=O)Cc4cccc(OC(F)(F)F)c4)NN3C)s2)cnn1C. The number of carbonyl (C=O) groups is 2. The third-order valence-corrected chi connectivity index (χ3v) is 7.31. The Bertz CT molecular complexity index is 1480. The minimum Gasteiger partial charge on any atom is -0.406 e. The maximum Gasteiger partial charge on any atom is 0.573 e. The van der Waals surface area contributed by atoms with Gasteiger partial charge in [-0.15, -0.1) is 23.4 Å². The second-order valence-electron chi connectivity index (χ2n) is 9.64. The highest BCUT2D eigenvalue weighted by Gasteiger charge is 2.31. The minimum atomic E-state index is -4.80. The van der Waals surface area contributed by atoms with Gasteiger partial charge in [-0.05, 0) is 56.0 Å². The number of amides is 2. The third-order valence-electron chi connectivity index (χ3n) is 6.41. The summed E-state index contributed by atoms with van der Waals surface area (Å²) in [5, 5.41) is 21.0. The number of hydrazine groups is 1. The van der Waals surface area contributed by atoms with Gasteiger partial charge in [0.25, 0.3) is 0 Å². The molecule has 0 unspecified atom stereocenters. The summed E-state index contributed by atoms with van der Waals surface area (Å²) in [5.41, 5.74) is 6.29. The van der Waals surface area contributed by atoms with Crippen LogP contribution >= 0.6 is 11.3 Å². The van der Waals surface area contributed by atoms with Crippen LogP contribution in [0.25, 0.3) is 0 Å². The molecule has 0 fully saturated rings. The first-order chi connectivity index (χ1) is 19.9. The van der Waals surface area contributed by atoms with Gasteiger partial charge in [0.05, 0.1) is 19.0 Å². The molecule has 1 aliphatic heterocycles. The molecular weight excluding hydrogens is 573 g/mol. The van der Waals surface area contributed by atoms with Crippen LogP contribution in [0.3, 0.4) is 0 Å².